The largest absolute Gasteiger partial charge is 0.496 e. The second-order valence-electron chi connectivity index (χ2n) is 6.28. The SMILES string of the molecule is COc1ccc(C#N)cc1-c1nc(NCc2ccccc2)c2ccccc2n1. The van der Waals surface area contributed by atoms with Gasteiger partial charge in [0.25, 0.3) is 0 Å². The van der Waals surface area contributed by atoms with E-state index in [2.05, 4.69) is 23.5 Å². The number of rotatable bonds is 5. The van der Waals surface area contributed by atoms with Crippen molar-refractivity contribution in [2.24, 2.45) is 0 Å². The quantitative estimate of drug-likeness (QED) is 0.550. The van der Waals surface area contributed by atoms with E-state index in [0.717, 1.165) is 22.3 Å². The van der Waals surface area contributed by atoms with Gasteiger partial charge in [0.05, 0.1) is 29.8 Å². The van der Waals surface area contributed by atoms with E-state index in [0.29, 0.717) is 29.2 Å². The van der Waals surface area contributed by atoms with Gasteiger partial charge in [0.1, 0.15) is 11.6 Å². The van der Waals surface area contributed by atoms with Crippen LogP contribution in [0.3, 0.4) is 0 Å². The van der Waals surface area contributed by atoms with Gasteiger partial charge in [0, 0.05) is 11.9 Å². The lowest BCUT2D eigenvalue weighted by Crippen LogP contribution is -2.04. The molecule has 0 amide bonds. The van der Waals surface area contributed by atoms with Crippen molar-refractivity contribution < 1.29 is 4.74 Å². The zero-order chi connectivity index (χ0) is 19.3. The average molecular weight is 366 g/mol. The Labute approximate surface area is 163 Å². The van der Waals surface area contributed by atoms with Crippen LogP contribution in [-0.2, 0) is 6.54 Å². The number of benzene rings is 3. The first-order valence-corrected chi connectivity index (χ1v) is 8.91. The molecule has 3 aromatic carbocycles. The molecule has 4 aromatic rings. The number of ether oxygens (including phenoxy) is 1. The Balaban J connectivity index is 1.81. The number of nitriles is 1. The maximum atomic E-state index is 9.27. The van der Waals surface area contributed by atoms with Gasteiger partial charge in [-0.3, -0.25) is 0 Å². The Hall–Kier alpha value is -3.91. The summed E-state index contributed by atoms with van der Waals surface area (Å²) in [6.07, 6.45) is 0. The van der Waals surface area contributed by atoms with Crippen molar-refractivity contribution in [3.8, 4) is 23.2 Å². The van der Waals surface area contributed by atoms with Crippen LogP contribution in [0.15, 0.2) is 72.8 Å². The van der Waals surface area contributed by atoms with Crippen LogP contribution < -0.4 is 10.1 Å². The molecule has 0 spiro atoms. The highest BCUT2D eigenvalue weighted by Crippen LogP contribution is 2.31. The van der Waals surface area contributed by atoms with Crippen LogP contribution in [0.4, 0.5) is 5.82 Å². The van der Waals surface area contributed by atoms with Gasteiger partial charge >= 0.3 is 0 Å². The summed E-state index contributed by atoms with van der Waals surface area (Å²) < 4.78 is 5.47. The van der Waals surface area contributed by atoms with Crippen molar-refractivity contribution >= 4 is 16.7 Å². The highest BCUT2D eigenvalue weighted by Gasteiger charge is 2.14. The highest BCUT2D eigenvalue weighted by atomic mass is 16.5. The molecule has 0 atom stereocenters. The van der Waals surface area contributed by atoms with Gasteiger partial charge < -0.3 is 10.1 Å². The second-order valence-corrected chi connectivity index (χ2v) is 6.28. The number of nitrogens with zero attached hydrogens (tertiary/aromatic N) is 3. The average Bonchev–Trinajstić information content (AvgIpc) is 2.77. The Morgan fingerprint density at radius 1 is 0.964 bits per heavy atom. The molecule has 1 aromatic heterocycles. The minimum atomic E-state index is 0.517. The highest BCUT2D eigenvalue weighted by molar-refractivity contribution is 5.91. The third-order valence-electron chi connectivity index (χ3n) is 4.48. The molecule has 28 heavy (non-hydrogen) atoms. The molecule has 0 bridgehead atoms. The van der Waals surface area contributed by atoms with Crippen molar-refractivity contribution in [3.63, 3.8) is 0 Å². The third-order valence-corrected chi connectivity index (χ3v) is 4.48. The summed E-state index contributed by atoms with van der Waals surface area (Å²) in [7, 11) is 1.60. The fourth-order valence-corrected chi connectivity index (χ4v) is 3.07. The number of aromatic nitrogens is 2. The smallest absolute Gasteiger partial charge is 0.165 e. The normalized spacial score (nSPS) is 10.4. The maximum Gasteiger partial charge on any atom is 0.165 e. The molecule has 136 valence electrons. The Kier molecular flexibility index (Phi) is 4.85. The second kappa shape index (κ2) is 7.77. The van der Waals surface area contributed by atoms with E-state index in [1.807, 2.05) is 42.5 Å². The lowest BCUT2D eigenvalue weighted by molar-refractivity contribution is 0.416. The monoisotopic (exact) mass is 366 g/mol. The number of methoxy groups -OCH3 is 1. The molecule has 5 heteroatoms. The number of nitrogens with one attached hydrogen (secondary N) is 1. The molecule has 5 nitrogen and oxygen atoms in total. The van der Waals surface area contributed by atoms with E-state index in [1.54, 1.807) is 25.3 Å². The van der Waals surface area contributed by atoms with Crippen LogP contribution in [0.2, 0.25) is 0 Å². The fourth-order valence-electron chi connectivity index (χ4n) is 3.07. The van der Waals surface area contributed by atoms with Crippen LogP contribution in [0, 0.1) is 11.3 Å². The van der Waals surface area contributed by atoms with Gasteiger partial charge in [-0.15, -0.1) is 0 Å². The molecule has 0 saturated carbocycles. The van der Waals surface area contributed by atoms with E-state index < -0.39 is 0 Å². The minimum absolute atomic E-state index is 0.517. The first-order chi connectivity index (χ1) is 13.8. The molecule has 0 radical (unpaired) electrons. The Bertz CT molecular complexity index is 1170. The van der Waals surface area contributed by atoms with E-state index in [1.165, 1.54) is 0 Å². The molecule has 1 N–H and O–H groups in total. The van der Waals surface area contributed by atoms with E-state index in [-0.39, 0.29) is 0 Å². The summed E-state index contributed by atoms with van der Waals surface area (Å²) in [5.74, 6) is 1.89. The lowest BCUT2D eigenvalue weighted by atomic mass is 10.1. The lowest BCUT2D eigenvalue weighted by Gasteiger charge is -2.13. The summed E-state index contributed by atoms with van der Waals surface area (Å²) in [5, 5.41) is 13.6. The van der Waals surface area contributed by atoms with E-state index >= 15 is 0 Å². The minimum Gasteiger partial charge on any atom is -0.496 e. The number of hydrogen-bond donors (Lipinski definition) is 1. The zero-order valence-corrected chi connectivity index (χ0v) is 15.4. The van der Waals surface area contributed by atoms with Gasteiger partial charge in [0.15, 0.2) is 5.82 Å². The number of para-hydroxylation sites is 1. The van der Waals surface area contributed by atoms with Crippen molar-refractivity contribution in [3.05, 3.63) is 83.9 Å². The standard InChI is InChI=1S/C23H18N4O/c1-28-21-12-11-17(14-24)13-19(21)23-26-20-10-6-5-9-18(20)22(27-23)25-15-16-7-3-2-4-8-16/h2-13H,15H2,1H3,(H,25,26,27). The predicted molar refractivity (Wildman–Crippen MR) is 110 cm³/mol. The molecule has 0 saturated heterocycles. The molecule has 4 rings (SSSR count). The van der Waals surface area contributed by atoms with E-state index in [4.69, 9.17) is 14.7 Å². The van der Waals surface area contributed by atoms with Crippen molar-refractivity contribution in [2.45, 2.75) is 6.54 Å². The fraction of sp³-hybridized carbons (Fsp3) is 0.0870. The van der Waals surface area contributed by atoms with Gasteiger partial charge in [-0.2, -0.15) is 5.26 Å². The topological polar surface area (TPSA) is 70.8 Å². The summed E-state index contributed by atoms with van der Waals surface area (Å²) in [5.41, 5.74) is 3.21. The van der Waals surface area contributed by atoms with Crippen molar-refractivity contribution in [1.82, 2.24) is 9.97 Å². The molecular formula is C23H18N4O. The Morgan fingerprint density at radius 3 is 2.54 bits per heavy atom. The summed E-state index contributed by atoms with van der Waals surface area (Å²) >= 11 is 0. The summed E-state index contributed by atoms with van der Waals surface area (Å²) in [6, 6.07) is 25.4. The van der Waals surface area contributed by atoms with E-state index in [9.17, 15) is 5.26 Å². The van der Waals surface area contributed by atoms with Gasteiger partial charge in [-0.1, -0.05) is 42.5 Å². The van der Waals surface area contributed by atoms with Crippen LogP contribution >= 0.6 is 0 Å². The van der Waals surface area contributed by atoms with Crippen LogP contribution in [0.25, 0.3) is 22.3 Å². The van der Waals surface area contributed by atoms with Gasteiger partial charge in [-0.05, 0) is 35.9 Å². The first kappa shape index (κ1) is 17.5. The third kappa shape index (κ3) is 3.49. The van der Waals surface area contributed by atoms with Crippen LogP contribution in [-0.4, -0.2) is 17.1 Å². The molecule has 0 aliphatic carbocycles. The summed E-state index contributed by atoms with van der Waals surface area (Å²) in [4.78, 5) is 9.46. The molecule has 0 unspecified atom stereocenters. The molecule has 1 heterocycles. The van der Waals surface area contributed by atoms with Gasteiger partial charge in [0.2, 0.25) is 0 Å². The Morgan fingerprint density at radius 2 is 1.75 bits per heavy atom. The molecular weight excluding hydrogens is 348 g/mol. The van der Waals surface area contributed by atoms with Crippen molar-refractivity contribution in [1.29, 1.82) is 5.26 Å². The number of fused-ring (bicyclic) bond motifs is 1. The molecule has 0 aliphatic heterocycles. The first-order valence-electron chi connectivity index (χ1n) is 8.91. The van der Waals surface area contributed by atoms with Gasteiger partial charge in [-0.25, -0.2) is 9.97 Å². The van der Waals surface area contributed by atoms with Crippen LogP contribution in [0.5, 0.6) is 5.75 Å². The van der Waals surface area contributed by atoms with Crippen molar-refractivity contribution in [2.75, 3.05) is 12.4 Å². The maximum absolute atomic E-state index is 9.27. The molecule has 0 fully saturated rings. The molecule has 0 aliphatic rings. The number of hydrogen-bond acceptors (Lipinski definition) is 5. The predicted octanol–water partition coefficient (Wildman–Crippen LogP) is 4.79. The number of anilines is 1. The van der Waals surface area contributed by atoms with Crippen LogP contribution in [0.1, 0.15) is 11.1 Å². The summed E-state index contributed by atoms with van der Waals surface area (Å²) in [6.45, 7) is 0.649. The zero-order valence-electron chi connectivity index (χ0n) is 15.4.